The third kappa shape index (κ3) is 1.41. The Morgan fingerprint density at radius 3 is 2.86 bits per heavy atom. The molecule has 0 aliphatic heterocycles. The maximum absolute atomic E-state index is 13.3. The van der Waals surface area contributed by atoms with Gasteiger partial charge in [0.05, 0.1) is 0 Å². The van der Waals surface area contributed by atoms with Crippen LogP contribution in [0.25, 0.3) is 10.9 Å². The first-order chi connectivity index (χ1) is 6.70. The first kappa shape index (κ1) is 8.94. The minimum atomic E-state index is -0.359. The fraction of sp³-hybridized carbons (Fsp3) is 0.182. The molecule has 0 fully saturated rings. The van der Waals surface area contributed by atoms with Crippen molar-refractivity contribution in [2.45, 2.75) is 13.3 Å². The van der Waals surface area contributed by atoms with Gasteiger partial charge in [-0.2, -0.15) is 0 Å². The molecule has 0 bridgehead atoms. The van der Waals surface area contributed by atoms with E-state index in [9.17, 15) is 4.39 Å². The fourth-order valence-electron chi connectivity index (χ4n) is 1.47. The van der Waals surface area contributed by atoms with Gasteiger partial charge in [-0.1, -0.05) is 6.92 Å². The third-order valence-electron chi connectivity index (χ3n) is 2.22. The van der Waals surface area contributed by atoms with Crippen LogP contribution in [0, 0.1) is 5.82 Å². The van der Waals surface area contributed by atoms with Gasteiger partial charge < -0.3 is 5.73 Å². The molecule has 0 spiro atoms. The van der Waals surface area contributed by atoms with Gasteiger partial charge in [-0.15, -0.1) is 0 Å². The predicted molar refractivity (Wildman–Crippen MR) is 55.5 cm³/mol. The lowest BCUT2D eigenvalue weighted by Gasteiger charge is -2.02. The van der Waals surface area contributed by atoms with Crippen molar-refractivity contribution >= 4 is 16.6 Å². The summed E-state index contributed by atoms with van der Waals surface area (Å²) >= 11 is 0. The number of pyridine rings is 1. The van der Waals surface area contributed by atoms with E-state index < -0.39 is 0 Å². The Bertz CT molecular complexity index is 480. The first-order valence-electron chi connectivity index (χ1n) is 4.54. The number of hydrogen-bond donors (Lipinski definition) is 1. The highest BCUT2D eigenvalue weighted by molar-refractivity contribution is 5.82. The molecule has 0 aliphatic rings. The molecule has 0 saturated carbocycles. The number of fused-ring (bicyclic) bond motifs is 1. The standard InChI is InChI=1S/C11H11FN2/c1-2-7-3-8-4-9(13)5-10(12)11(8)14-6-7/h3-6H,2,13H2,1H3. The Labute approximate surface area is 81.6 Å². The summed E-state index contributed by atoms with van der Waals surface area (Å²) in [6, 6.07) is 4.95. The molecule has 14 heavy (non-hydrogen) atoms. The lowest BCUT2D eigenvalue weighted by Crippen LogP contribution is -1.91. The highest BCUT2D eigenvalue weighted by Crippen LogP contribution is 2.20. The zero-order valence-corrected chi connectivity index (χ0v) is 7.92. The Balaban J connectivity index is 2.75. The normalized spacial score (nSPS) is 10.7. The second-order valence-electron chi connectivity index (χ2n) is 3.27. The molecular formula is C11H11FN2. The molecule has 1 aromatic carbocycles. The highest BCUT2D eigenvalue weighted by atomic mass is 19.1. The average molecular weight is 190 g/mol. The number of benzene rings is 1. The largest absolute Gasteiger partial charge is 0.399 e. The van der Waals surface area contributed by atoms with Crippen LogP contribution in [0.3, 0.4) is 0 Å². The van der Waals surface area contributed by atoms with Crippen LogP contribution in [0.4, 0.5) is 10.1 Å². The van der Waals surface area contributed by atoms with Gasteiger partial charge in [0.1, 0.15) is 5.52 Å². The van der Waals surface area contributed by atoms with Gasteiger partial charge in [0.2, 0.25) is 0 Å². The van der Waals surface area contributed by atoms with Crippen molar-refractivity contribution in [3.05, 3.63) is 35.8 Å². The lowest BCUT2D eigenvalue weighted by atomic mass is 10.1. The molecule has 1 heterocycles. The van der Waals surface area contributed by atoms with Gasteiger partial charge in [-0.3, -0.25) is 4.98 Å². The molecule has 3 heteroatoms. The number of nitrogens with two attached hydrogens (primary N) is 1. The van der Waals surface area contributed by atoms with Crippen molar-refractivity contribution in [2.75, 3.05) is 5.73 Å². The van der Waals surface area contributed by atoms with Crippen LogP contribution in [-0.4, -0.2) is 4.98 Å². The molecule has 2 aromatic rings. The van der Waals surface area contributed by atoms with Crippen molar-refractivity contribution in [3.8, 4) is 0 Å². The second-order valence-corrected chi connectivity index (χ2v) is 3.27. The van der Waals surface area contributed by atoms with Gasteiger partial charge >= 0.3 is 0 Å². The Morgan fingerprint density at radius 2 is 2.14 bits per heavy atom. The zero-order chi connectivity index (χ0) is 10.1. The SMILES string of the molecule is CCc1cnc2c(F)cc(N)cc2c1. The Morgan fingerprint density at radius 1 is 1.36 bits per heavy atom. The number of nitrogen functional groups attached to an aromatic ring is 1. The molecule has 72 valence electrons. The van der Waals surface area contributed by atoms with E-state index in [1.165, 1.54) is 6.07 Å². The number of rotatable bonds is 1. The van der Waals surface area contributed by atoms with Gasteiger partial charge in [-0.05, 0) is 30.2 Å². The Hall–Kier alpha value is -1.64. The number of aryl methyl sites for hydroxylation is 1. The summed E-state index contributed by atoms with van der Waals surface area (Å²) in [5.74, 6) is -0.359. The number of aromatic nitrogens is 1. The van der Waals surface area contributed by atoms with Crippen molar-refractivity contribution in [1.29, 1.82) is 0 Å². The summed E-state index contributed by atoms with van der Waals surface area (Å²) in [5, 5.41) is 0.766. The molecule has 0 amide bonds. The third-order valence-corrected chi connectivity index (χ3v) is 2.22. The average Bonchev–Trinajstić information content (AvgIpc) is 2.16. The van der Waals surface area contributed by atoms with Crippen molar-refractivity contribution in [3.63, 3.8) is 0 Å². The summed E-state index contributed by atoms with van der Waals surface area (Å²) in [6.07, 6.45) is 2.58. The minimum Gasteiger partial charge on any atom is -0.399 e. The maximum atomic E-state index is 13.3. The zero-order valence-electron chi connectivity index (χ0n) is 7.92. The van der Waals surface area contributed by atoms with Crippen LogP contribution in [0.5, 0.6) is 0 Å². The van der Waals surface area contributed by atoms with E-state index in [2.05, 4.69) is 4.98 Å². The van der Waals surface area contributed by atoms with Crippen LogP contribution >= 0.6 is 0 Å². The first-order valence-corrected chi connectivity index (χ1v) is 4.54. The maximum Gasteiger partial charge on any atom is 0.151 e. The lowest BCUT2D eigenvalue weighted by molar-refractivity contribution is 0.637. The van der Waals surface area contributed by atoms with Crippen molar-refractivity contribution in [1.82, 2.24) is 4.98 Å². The molecule has 2 N–H and O–H groups in total. The predicted octanol–water partition coefficient (Wildman–Crippen LogP) is 2.52. The number of anilines is 1. The quantitative estimate of drug-likeness (QED) is 0.702. The number of halogens is 1. The minimum absolute atomic E-state index is 0.359. The van der Waals surface area contributed by atoms with E-state index >= 15 is 0 Å². The van der Waals surface area contributed by atoms with Gasteiger partial charge in [0, 0.05) is 17.3 Å². The fourth-order valence-corrected chi connectivity index (χ4v) is 1.47. The molecule has 1 aromatic heterocycles. The highest BCUT2D eigenvalue weighted by Gasteiger charge is 2.03. The van der Waals surface area contributed by atoms with E-state index in [0.717, 1.165) is 17.4 Å². The molecule has 0 radical (unpaired) electrons. The monoisotopic (exact) mass is 190 g/mol. The molecule has 2 nitrogen and oxygen atoms in total. The summed E-state index contributed by atoms with van der Waals surface area (Å²) in [4.78, 5) is 4.06. The van der Waals surface area contributed by atoms with E-state index in [1.807, 2.05) is 13.0 Å². The van der Waals surface area contributed by atoms with Crippen molar-refractivity contribution < 1.29 is 4.39 Å². The molecular weight excluding hydrogens is 179 g/mol. The van der Waals surface area contributed by atoms with E-state index in [0.29, 0.717) is 11.2 Å². The Kier molecular flexibility index (Phi) is 2.08. The summed E-state index contributed by atoms with van der Waals surface area (Å²) in [6.45, 7) is 2.03. The van der Waals surface area contributed by atoms with Gasteiger partial charge in [-0.25, -0.2) is 4.39 Å². The summed E-state index contributed by atoms with van der Waals surface area (Å²) < 4.78 is 13.3. The van der Waals surface area contributed by atoms with Crippen LogP contribution in [0.15, 0.2) is 24.4 Å². The van der Waals surface area contributed by atoms with Crippen LogP contribution in [0.2, 0.25) is 0 Å². The molecule has 2 rings (SSSR count). The molecule has 0 aliphatic carbocycles. The smallest absolute Gasteiger partial charge is 0.151 e. The summed E-state index contributed by atoms with van der Waals surface area (Å²) in [5.41, 5.74) is 7.45. The van der Waals surface area contributed by atoms with E-state index in [4.69, 9.17) is 5.73 Å². The molecule has 0 unspecified atom stereocenters. The molecule has 0 atom stereocenters. The van der Waals surface area contributed by atoms with E-state index in [1.54, 1.807) is 12.3 Å². The second kappa shape index (κ2) is 3.25. The van der Waals surface area contributed by atoms with Crippen LogP contribution in [0.1, 0.15) is 12.5 Å². The van der Waals surface area contributed by atoms with Crippen LogP contribution in [-0.2, 0) is 6.42 Å². The number of hydrogen-bond acceptors (Lipinski definition) is 2. The van der Waals surface area contributed by atoms with E-state index in [-0.39, 0.29) is 5.82 Å². The molecule has 0 saturated heterocycles. The summed E-state index contributed by atoms with van der Waals surface area (Å²) in [7, 11) is 0. The van der Waals surface area contributed by atoms with Gasteiger partial charge in [0.25, 0.3) is 0 Å². The number of nitrogens with zero attached hydrogens (tertiary/aromatic N) is 1. The van der Waals surface area contributed by atoms with Gasteiger partial charge in [0.15, 0.2) is 5.82 Å². The van der Waals surface area contributed by atoms with Crippen molar-refractivity contribution in [2.24, 2.45) is 0 Å². The van der Waals surface area contributed by atoms with Crippen LogP contribution < -0.4 is 5.73 Å². The topological polar surface area (TPSA) is 38.9 Å².